The molecule has 0 aliphatic carbocycles. The molecule has 0 unspecified atom stereocenters. The average Bonchev–Trinajstić information content (AvgIpc) is 2.41. The molecule has 0 aliphatic heterocycles. The van der Waals surface area contributed by atoms with Gasteiger partial charge in [-0.3, -0.25) is 0 Å². The van der Waals surface area contributed by atoms with Crippen molar-refractivity contribution in [1.82, 2.24) is 0 Å². The van der Waals surface area contributed by atoms with Crippen molar-refractivity contribution in [2.45, 2.75) is 6.92 Å². The number of esters is 1. The number of hydrogen-bond acceptors (Lipinski definition) is 4. The highest BCUT2D eigenvalue weighted by Crippen LogP contribution is 2.29. The van der Waals surface area contributed by atoms with Crippen LogP contribution in [0.3, 0.4) is 0 Å². The summed E-state index contributed by atoms with van der Waals surface area (Å²) in [4.78, 5) is 11.9. The van der Waals surface area contributed by atoms with Gasteiger partial charge in [-0.2, -0.15) is 0 Å². The quantitative estimate of drug-likeness (QED) is 0.677. The van der Waals surface area contributed by atoms with Gasteiger partial charge in [0.25, 0.3) is 0 Å². The van der Waals surface area contributed by atoms with Crippen LogP contribution in [0, 0.1) is 0 Å². The zero-order chi connectivity index (χ0) is 14.5. The highest BCUT2D eigenvalue weighted by Gasteiger charge is 2.15. The van der Waals surface area contributed by atoms with Crippen LogP contribution in [0.15, 0.2) is 46.9 Å². The summed E-state index contributed by atoms with van der Waals surface area (Å²) in [7, 11) is 0. The van der Waals surface area contributed by atoms with E-state index in [9.17, 15) is 4.79 Å². The topological polar surface area (TPSA) is 61.5 Å². The maximum absolute atomic E-state index is 11.9. The second kappa shape index (κ2) is 6.43. The van der Waals surface area contributed by atoms with E-state index in [0.717, 1.165) is 4.47 Å². The third-order valence-corrected chi connectivity index (χ3v) is 3.02. The number of hydrogen-bond donors (Lipinski definition) is 1. The number of nitrogens with two attached hydrogens (primary N) is 1. The highest BCUT2D eigenvalue weighted by atomic mass is 79.9. The van der Waals surface area contributed by atoms with Crippen LogP contribution in [0.4, 0.5) is 5.69 Å². The number of rotatable bonds is 4. The molecule has 0 heterocycles. The van der Waals surface area contributed by atoms with E-state index in [4.69, 9.17) is 15.2 Å². The molecular formula is C15H14BrNO3. The van der Waals surface area contributed by atoms with Gasteiger partial charge in [-0.05, 0) is 43.3 Å². The van der Waals surface area contributed by atoms with Gasteiger partial charge in [0, 0.05) is 10.2 Å². The summed E-state index contributed by atoms with van der Waals surface area (Å²) in [6.45, 7) is 2.04. The maximum atomic E-state index is 11.9. The van der Waals surface area contributed by atoms with Crippen LogP contribution in [0.1, 0.15) is 17.3 Å². The summed E-state index contributed by atoms with van der Waals surface area (Å²) in [5.41, 5.74) is 6.50. The van der Waals surface area contributed by atoms with Crippen molar-refractivity contribution < 1.29 is 14.3 Å². The molecule has 0 atom stereocenters. The normalized spacial score (nSPS) is 10.1. The Hall–Kier alpha value is -2.01. The highest BCUT2D eigenvalue weighted by molar-refractivity contribution is 9.10. The van der Waals surface area contributed by atoms with Gasteiger partial charge in [-0.25, -0.2) is 4.79 Å². The molecule has 2 N–H and O–H groups in total. The Balaban J connectivity index is 2.33. The lowest BCUT2D eigenvalue weighted by Crippen LogP contribution is -2.07. The lowest BCUT2D eigenvalue weighted by Gasteiger charge is -2.11. The van der Waals surface area contributed by atoms with E-state index in [0.29, 0.717) is 29.4 Å². The molecule has 2 aromatic rings. The Morgan fingerprint density at radius 1 is 1.25 bits per heavy atom. The van der Waals surface area contributed by atoms with Crippen molar-refractivity contribution in [3.05, 3.63) is 52.5 Å². The van der Waals surface area contributed by atoms with E-state index < -0.39 is 5.97 Å². The number of nitrogen functional groups attached to an aromatic ring is 1. The summed E-state index contributed by atoms with van der Waals surface area (Å²) >= 11 is 3.37. The molecule has 0 fully saturated rings. The molecule has 0 spiro atoms. The van der Waals surface area contributed by atoms with Crippen molar-refractivity contribution in [1.29, 1.82) is 0 Å². The molecule has 2 rings (SSSR count). The van der Waals surface area contributed by atoms with Gasteiger partial charge < -0.3 is 15.2 Å². The minimum absolute atomic E-state index is 0.296. The van der Waals surface area contributed by atoms with Crippen molar-refractivity contribution in [3.8, 4) is 11.5 Å². The minimum Gasteiger partial charge on any atom is -0.462 e. The molecule has 104 valence electrons. The minimum atomic E-state index is -0.454. The second-order valence-electron chi connectivity index (χ2n) is 4.04. The molecule has 0 radical (unpaired) electrons. The van der Waals surface area contributed by atoms with Crippen molar-refractivity contribution in [2.75, 3.05) is 12.3 Å². The van der Waals surface area contributed by atoms with E-state index in [1.807, 2.05) is 18.2 Å². The Labute approximate surface area is 125 Å². The van der Waals surface area contributed by atoms with Crippen molar-refractivity contribution >= 4 is 27.6 Å². The first-order chi connectivity index (χ1) is 9.60. The fourth-order valence-corrected chi connectivity index (χ4v) is 2.04. The first-order valence-corrected chi connectivity index (χ1v) is 6.89. The average molecular weight is 336 g/mol. The molecule has 5 heteroatoms. The number of carbonyl (C=O) groups excluding carboxylic acids is 1. The Morgan fingerprint density at radius 2 is 2.05 bits per heavy atom. The molecular weight excluding hydrogens is 322 g/mol. The van der Waals surface area contributed by atoms with Gasteiger partial charge in [0.2, 0.25) is 0 Å². The van der Waals surface area contributed by atoms with Crippen LogP contribution < -0.4 is 10.5 Å². The molecule has 0 aromatic heterocycles. The molecule has 4 nitrogen and oxygen atoms in total. The predicted molar refractivity (Wildman–Crippen MR) is 81.0 cm³/mol. The van der Waals surface area contributed by atoms with Gasteiger partial charge in [0.05, 0.1) is 6.61 Å². The zero-order valence-electron chi connectivity index (χ0n) is 10.9. The third kappa shape index (κ3) is 3.51. The Kier molecular flexibility index (Phi) is 4.63. The molecule has 0 saturated carbocycles. The van der Waals surface area contributed by atoms with Crippen LogP contribution in [-0.4, -0.2) is 12.6 Å². The van der Waals surface area contributed by atoms with Gasteiger partial charge in [0.1, 0.15) is 17.1 Å². The molecule has 0 amide bonds. The molecule has 0 bridgehead atoms. The van der Waals surface area contributed by atoms with E-state index in [2.05, 4.69) is 15.9 Å². The predicted octanol–water partition coefficient (Wildman–Crippen LogP) is 4.00. The molecule has 0 saturated heterocycles. The van der Waals surface area contributed by atoms with Crippen molar-refractivity contribution in [2.24, 2.45) is 0 Å². The largest absolute Gasteiger partial charge is 0.462 e. The summed E-state index contributed by atoms with van der Waals surface area (Å²) in [5, 5.41) is 0. The second-order valence-corrected chi connectivity index (χ2v) is 4.95. The van der Waals surface area contributed by atoms with Crippen LogP contribution >= 0.6 is 15.9 Å². The number of ether oxygens (including phenoxy) is 2. The third-order valence-electron chi connectivity index (χ3n) is 2.52. The van der Waals surface area contributed by atoms with Crippen LogP contribution in [0.2, 0.25) is 0 Å². The summed E-state index contributed by atoms with van der Waals surface area (Å²) in [5.74, 6) is 0.579. The number of benzene rings is 2. The maximum Gasteiger partial charge on any atom is 0.342 e. The monoisotopic (exact) mass is 335 g/mol. The summed E-state index contributed by atoms with van der Waals surface area (Å²) in [6.07, 6.45) is 0. The first kappa shape index (κ1) is 14.4. The van der Waals surface area contributed by atoms with Crippen LogP contribution in [0.25, 0.3) is 0 Å². The number of carbonyl (C=O) groups is 1. The van der Waals surface area contributed by atoms with E-state index in [1.54, 1.807) is 31.2 Å². The smallest absolute Gasteiger partial charge is 0.342 e. The van der Waals surface area contributed by atoms with Gasteiger partial charge in [-0.1, -0.05) is 22.0 Å². The standard InChI is InChI=1S/C15H14BrNO3/c1-2-19-15(18)13-9-11(17)6-7-14(13)20-12-5-3-4-10(16)8-12/h3-9H,2,17H2,1H3. The molecule has 20 heavy (non-hydrogen) atoms. The van der Waals surface area contributed by atoms with Gasteiger partial charge in [-0.15, -0.1) is 0 Å². The lowest BCUT2D eigenvalue weighted by molar-refractivity contribution is 0.0523. The van der Waals surface area contributed by atoms with Gasteiger partial charge >= 0.3 is 5.97 Å². The fraction of sp³-hybridized carbons (Fsp3) is 0.133. The van der Waals surface area contributed by atoms with Crippen LogP contribution in [0.5, 0.6) is 11.5 Å². The lowest BCUT2D eigenvalue weighted by atomic mass is 10.2. The first-order valence-electron chi connectivity index (χ1n) is 6.10. The summed E-state index contributed by atoms with van der Waals surface area (Å²) in [6, 6.07) is 12.2. The van der Waals surface area contributed by atoms with E-state index in [1.165, 1.54) is 0 Å². The zero-order valence-corrected chi connectivity index (χ0v) is 12.5. The summed E-state index contributed by atoms with van der Waals surface area (Å²) < 4.78 is 11.6. The van der Waals surface area contributed by atoms with Gasteiger partial charge in [0.15, 0.2) is 0 Å². The number of anilines is 1. The van der Waals surface area contributed by atoms with Crippen molar-refractivity contribution in [3.63, 3.8) is 0 Å². The Morgan fingerprint density at radius 3 is 2.75 bits per heavy atom. The SMILES string of the molecule is CCOC(=O)c1cc(N)ccc1Oc1cccc(Br)c1. The van der Waals surface area contributed by atoms with E-state index in [-0.39, 0.29) is 0 Å². The van der Waals surface area contributed by atoms with E-state index >= 15 is 0 Å². The van der Waals surface area contributed by atoms with Crippen LogP contribution in [-0.2, 0) is 4.74 Å². The number of halogens is 1. The molecule has 2 aromatic carbocycles. The Bertz CT molecular complexity index is 628. The molecule has 0 aliphatic rings. The fourth-order valence-electron chi connectivity index (χ4n) is 1.66.